The number of hydrogen-bond donors (Lipinski definition) is 1. The fourth-order valence-corrected chi connectivity index (χ4v) is 1.24. The second-order valence-corrected chi connectivity index (χ2v) is 3.10. The van der Waals surface area contributed by atoms with Crippen LogP contribution in [-0.2, 0) is 0 Å². The topological polar surface area (TPSA) is 35.2 Å². The molecule has 0 aromatic heterocycles. The smallest absolute Gasteiger partial charge is 0.387 e. The van der Waals surface area contributed by atoms with Crippen molar-refractivity contribution in [2.75, 3.05) is 5.73 Å². The van der Waals surface area contributed by atoms with E-state index in [4.69, 9.17) is 5.73 Å². The zero-order valence-corrected chi connectivity index (χ0v) is 7.82. The summed E-state index contributed by atoms with van der Waals surface area (Å²) in [4.78, 5) is 0. The molecule has 1 rings (SSSR count). The molecule has 0 bridgehead atoms. The summed E-state index contributed by atoms with van der Waals surface area (Å²) in [6, 6.07) is 2.27. The summed E-state index contributed by atoms with van der Waals surface area (Å²) in [7, 11) is 0. The Kier molecular flexibility index (Phi) is 3.02. The third-order valence-electron chi connectivity index (χ3n) is 1.24. The van der Waals surface area contributed by atoms with Crippen LogP contribution in [0.5, 0.6) is 5.75 Å². The van der Waals surface area contributed by atoms with E-state index in [1.807, 2.05) is 0 Å². The van der Waals surface area contributed by atoms with Gasteiger partial charge < -0.3 is 10.5 Å². The number of benzene rings is 1. The Morgan fingerprint density at radius 3 is 2.46 bits per heavy atom. The second kappa shape index (κ2) is 3.87. The largest absolute Gasteiger partial charge is 0.429 e. The normalized spacial score (nSPS) is 10.5. The van der Waals surface area contributed by atoms with Gasteiger partial charge in [0.15, 0.2) is 11.6 Å². The fraction of sp³-hybridized carbons (Fsp3) is 0.143. The van der Waals surface area contributed by atoms with Crippen molar-refractivity contribution < 1.29 is 17.9 Å². The Hall–Kier alpha value is -0.910. The lowest BCUT2D eigenvalue weighted by molar-refractivity contribution is -0.0516. The van der Waals surface area contributed by atoms with E-state index in [-0.39, 0.29) is 5.69 Å². The molecular weight excluding hydrogens is 251 g/mol. The number of nitrogen functional groups attached to an aromatic ring is 1. The fourth-order valence-electron chi connectivity index (χ4n) is 0.794. The summed E-state index contributed by atoms with van der Waals surface area (Å²) in [6.45, 7) is -3.09. The minimum Gasteiger partial charge on any atom is -0.429 e. The van der Waals surface area contributed by atoms with Crippen LogP contribution in [0.15, 0.2) is 16.6 Å². The van der Waals surface area contributed by atoms with Gasteiger partial charge in [0.2, 0.25) is 0 Å². The van der Waals surface area contributed by atoms with Crippen molar-refractivity contribution in [2.24, 2.45) is 0 Å². The average Bonchev–Trinajstić information content (AvgIpc) is 1.96. The first kappa shape index (κ1) is 10.2. The number of hydrogen-bond acceptors (Lipinski definition) is 2. The standard InChI is InChI=1S/C7H5BrF3NO/c8-3-1-4(9)6(5(12)2-3)13-7(10)11/h1-2,7H,12H2. The van der Waals surface area contributed by atoms with Crippen molar-refractivity contribution >= 4 is 21.6 Å². The third kappa shape index (κ3) is 2.51. The van der Waals surface area contributed by atoms with Gasteiger partial charge >= 0.3 is 6.61 Å². The molecule has 6 heteroatoms. The van der Waals surface area contributed by atoms with Gasteiger partial charge in [-0.2, -0.15) is 8.78 Å². The first-order valence-corrected chi connectivity index (χ1v) is 3.99. The van der Waals surface area contributed by atoms with Crippen molar-refractivity contribution in [1.82, 2.24) is 0 Å². The van der Waals surface area contributed by atoms with Crippen LogP contribution < -0.4 is 10.5 Å². The van der Waals surface area contributed by atoms with Gasteiger partial charge in [-0.05, 0) is 12.1 Å². The molecule has 0 atom stereocenters. The Morgan fingerprint density at radius 2 is 2.00 bits per heavy atom. The summed E-state index contributed by atoms with van der Waals surface area (Å²) in [5.74, 6) is -1.55. The van der Waals surface area contributed by atoms with E-state index in [0.717, 1.165) is 6.07 Å². The van der Waals surface area contributed by atoms with Gasteiger partial charge in [0.1, 0.15) is 0 Å². The molecule has 2 N–H and O–H groups in total. The van der Waals surface area contributed by atoms with Crippen molar-refractivity contribution in [3.05, 3.63) is 22.4 Å². The monoisotopic (exact) mass is 255 g/mol. The molecule has 0 fully saturated rings. The molecule has 0 saturated carbocycles. The third-order valence-corrected chi connectivity index (χ3v) is 1.70. The molecule has 0 spiro atoms. The van der Waals surface area contributed by atoms with Crippen molar-refractivity contribution in [3.8, 4) is 5.75 Å². The Labute approximate surface area is 80.6 Å². The molecule has 0 radical (unpaired) electrons. The highest BCUT2D eigenvalue weighted by atomic mass is 79.9. The molecule has 0 aliphatic carbocycles. The summed E-state index contributed by atoms with van der Waals surface area (Å²) >= 11 is 2.95. The quantitative estimate of drug-likeness (QED) is 0.825. The second-order valence-electron chi connectivity index (χ2n) is 2.18. The van der Waals surface area contributed by atoms with Crippen molar-refractivity contribution in [1.29, 1.82) is 0 Å². The molecule has 0 aliphatic heterocycles. The average molecular weight is 256 g/mol. The van der Waals surface area contributed by atoms with Crippen LogP contribution in [0.4, 0.5) is 18.9 Å². The number of ether oxygens (including phenoxy) is 1. The molecule has 0 amide bonds. The first-order chi connectivity index (χ1) is 6.00. The van der Waals surface area contributed by atoms with E-state index in [2.05, 4.69) is 20.7 Å². The number of nitrogens with two attached hydrogens (primary N) is 1. The molecular formula is C7H5BrF3NO. The van der Waals surface area contributed by atoms with Gasteiger partial charge in [0.25, 0.3) is 0 Å². The highest BCUT2D eigenvalue weighted by Crippen LogP contribution is 2.30. The van der Waals surface area contributed by atoms with E-state index in [1.54, 1.807) is 0 Å². The van der Waals surface area contributed by atoms with Gasteiger partial charge in [0, 0.05) is 4.47 Å². The van der Waals surface area contributed by atoms with E-state index < -0.39 is 18.2 Å². The first-order valence-electron chi connectivity index (χ1n) is 3.20. The van der Waals surface area contributed by atoms with Gasteiger partial charge in [-0.3, -0.25) is 0 Å². The maximum absolute atomic E-state index is 12.9. The number of alkyl halides is 2. The minimum atomic E-state index is -3.09. The molecule has 0 heterocycles. The SMILES string of the molecule is Nc1cc(Br)cc(F)c1OC(F)F. The van der Waals surface area contributed by atoms with E-state index >= 15 is 0 Å². The Bertz CT molecular complexity index is 296. The van der Waals surface area contributed by atoms with Crippen LogP contribution in [0.1, 0.15) is 0 Å². The predicted octanol–water partition coefficient (Wildman–Crippen LogP) is 2.77. The van der Waals surface area contributed by atoms with E-state index in [1.165, 1.54) is 6.07 Å². The van der Waals surface area contributed by atoms with Crippen molar-refractivity contribution in [2.45, 2.75) is 6.61 Å². The molecule has 0 unspecified atom stereocenters. The van der Waals surface area contributed by atoms with Crippen LogP contribution in [-0.4, -0.2) is 6.61 Å². The number of halogens is 4. The number of rotatable bonds is 2. The maximum Gasteiger partial charge on any atom is 0.387 e. The lowest BCUT2D eigenvalue weighted by Gasteiger charge is -2.08. The highest BCUT2D eigenvalue weighted by molar-refractivity contribution is 9.10. The van der Waals surface area contributed by atoms with Crippen LogP contribution in [0.3, 0.4) is 0 Å². The van der Waals surface area contributed by atoms with Crippen LogP contribution in [0, 0.1) is 5.82 Å². The highest BCUT2D eigenvalue weighted by Gasteiger charge is 2.13. The molecule has 72 valence electrons. The molecule has 0 aliphatic rings. The summed E-state index contributed by atoms with van der Waals surface area (Å²) in [5, 5.41) is 0. The van der Waals surface area contributed by atoms with Gasteiger partial charge in [-0.1, -0.05) is 15.9 Å². The van der Waals surface area contributed by atoms with Gasteiger partial charge in [-0.25, -0.2) is 4.39 Å². The lowest BCUT2D eigenvalue weighted by Crippen LogP contribution is -2.06. The number of anilines is 1. The van der Waals surface area contributed by atoms with Gasteiger partial charge in [-0.15, -0.1) is 0 Å². The Balaban J connectivity index is 3.06. The van der Waals surface area contributed by atoms with E-state index in [9.17, 15) is 13.2 Å². The zero-order chi connectivity index (χ0) is 10.0. The minimum absolute atomic E-state index is 0.174. The molecule has 0 saturated heterocycles. The van der Waals surface area contributed by atoms with Crippen LogP contribution in [0.25, 0.3) is 0 Å². The lowest BCUT2D eigenvalue weighted by atomic mass is 10.3. The Morgan fingerprint density at radius 1 is 1.38 bits per heavy atom. The van der Waals surface area contributed by atoms with Crippen LogP contribution >= 0.6 is 15.9 Å². The molecule has 2 nitrogen and oxygen atoms in total. The molecule has 1 aromatic rings. The molecule has 13 heavy (non-hydrogen) atoms. The van der Waals surface area contributed by atoms with Crippen LogP contribution in [0.2, 0.25) is 0 Å². The zero-order valence-electron chi connectivity index (χ0n) is 6.23. The maximum atomic E-state index is 12.9. The molecule has 1 aromatic carbocycles. The summed E-state index contributed by atoms with van der Waals surface area (Å²) in [5.41, 5.74) is 5.07. The van der Waals surface area contributed by atoms with Crippen molar-refractivity contribution in [3.63, 3.8) is 0 Å². The van der Waals surface area contributed by atoms with E-state index in [0.29, 0.717) is 4.47 Å². The summed E-state index contributed by atoms with van der Waals surface area (Å²) in [6.07, 6.45) is 0. The predicted molar refractivity (Wildman–Crippen MR) is 45.1 cm³/mol. The van der Waals surface area contributed by atoms with Gasteiger partial charge in [0.05, 0.1) is 5.69 Å². The summed E-state index contributed by atoms with van der Waals surface area (Å²) < 4.78 is 40.6.